The zero-order valence-electron chi connectivity index (χ0n) is 14.0. The molecule has 27 heavy (non-hydrogen) atoms. The Morgan fingerprint density at radius 3 is 2.52 bits per heavy atom. The second-order valence-corrected chi connectivity index (χ2v) is 6.78. The molecule has 0 unspecified atom stereocenters. The molecule has 8 nitrogen and oxygen atoms in total. The molecule has 0 bridgehead atoms. The first-order valence-corrected chi connectivity index (χ1v) is 9.26. The van der Waals surface area contributed by atoms with Crippen molar-refractivity contribution in [1.82, 2.24) is 31.1 Å². The lowest BCUT2D eigenvalue weighted by atomic mass is 10.2. The number of aromatic nitrogens is 4. The lowest BCUT2D eigenvalue weighted by Crippen LogP contribution is -2.42. The SMILES string of the molecule is O=C(CSc1nnnn1Cc1ccccc1)NNC(=O)c1ccc(Cl)cc1. The van der Waals surface area contributed by atoms with Gasteiger partial charge in [0.25, 0.3) is 5.91 Å². The van der Waals surface area contributed by atoms with E-state index >= 15 is 0 Å². The van der Waals surface area contributed by atoms with Crippen LogP contribution in [-0.4, -0.2) is 37.8 Å². The third kappa shape index (κ3) is 5.53. The van der Waals surface area contributed by atoms with E-state index in [4.69, 9.17) is 11.6 Å². The molecular formula is C17H15ClN6O2S. The van der Waals surface area contributed by atoms with E-state index in [2.05, 4.69) is 26.4 Å². The van der Waals surface area contributed by atoms with Crippen molar-refractivity contribution in [3.8, 4) is 0 Å². The van der Waals surface area contributed by atoms with Gasteiger partial charge in [-0.3, -0.25) is 20.4 Å². The van der Waals surface area contributed by atoms with Crippen LogP contribution in [0.2, 0.25) is 5.02 Å². The molecule has 2 amide bonds. The lowest BCUT2D eigenvalue weighted by Gasteiger charge is -2.07. The zero-order valence-corrected chi connectivity index (χ0v) is 15.6. The van der Waals surface area contributed by atoms with Gasteiger partial charge in [0.1, 0.15) is 0 Å². The summed E-state index contributed by atoms with van der Waals surface area (Å²) in [6.45, 7) is 0.505. The van der Waals surface area contributed by atoms with Crippen LogP contribution in [0.15, 0.2) is 59.8 Å². The highest BCUT2D eigenvalue weighted by molar-refractivity contribution is 7.99. The van der Waals surface area contributed by atoms with Crippen LogP contribution in [0.1, 0.15) is 15.9 Å². The minimum absolute atomic E-state index is 0.0516. The van der Waals surface area contributed by atoms with Crippen molar-refractivity contribution in [2.45, 2.75) is 11.7 Å². The molecule has 0 spiro atoms. The molecule has 0 aliphatic carbocycles. The second kappa shape index (κ2) is 9.15. The predicted octanol–water partition coefficient (Wildman–Crippen LogP) is 1.93. The highest BCUT2D eigenvalue weighted by Crippen LogP contribution is 2.14. The number of carbonyl (C=O) groups excluding carboxylic acids is 2. The van der Waals surface area contributed by atoms with Crippen molar-refractivity contribution < 1.29 is 9.59 Å². The largest absolute Gasteiger partial charge is 0.272 e. The summed E-state index contributed by atoms with van der Waals surface area (Å²) >= 11 is 6.95. The van der Waals surface area contributed by atoms with Gasteiger partial charge in [0.05, 0.1) is 12.3 Å². The Labute approximate surface area is 164 Å². The molecule has 0 saturated heterocycles. The number of hydrogen-bond acceptors (Lipinski definition) is 6. The summed E-state index contributed by atoms with van der Waals surface area (Å²) in [6, 6.07) is 16.1. The summed E-state index contributed by atoms with van der Waals surface area (Å²) in [5.74, 6) is -0.758. The van der Waals surface area contributed by atoms with E-state index < -0.39 is 5.91 Å². The van der Waals surface area contributed by atoms with Crippen molar-refractivity contribution in [3.05, 3.63) is 70.7 Å². The van der Waals surface area contributed by atoms with Crippen LogP contribution in [0.25, 0.3) is 0 Å². The highest BCUT2D eigenvalue weighted by Gasteiger charge is 2.12. The summed E-state index contributed by atoms with van der Waals surface area (Å²) in [4.78, 5) is 23.9. The Hall–Kier alpha value is -2.91. The molecule has 2 N–H and O–H groups in total. The molecule has 1 heterocycles. The monoisotopic (exact) mass is 402 g/mol. The standard InChI is InChI=1S/C17H15ClN6O2S/c18-14-8-6-13(7-9-14)16(26)20-19-15(25)11-27-17-21-22-23-24(17)10-12-4-2-1-3-5-12/h1-9H,10-11H2,(H,19,25)(H,20,26). The molecule has 2 aromatic carbocycles. The average molecular weight is 403 g/mol. The predicted molar refractivity (Wildman–Crippen MR) is 101 cm³/mol. The molecule has 3 aromatic rings. The van der Waals surface area contributed by atoms with E-state index in [1.165, 1.54) is 11.8 Å². The summed E-state index contributed by atoms with van der Waals surface area (Å²) in [5, 5.41) is 12.5. The van der Waals surface area contributed by atoms with Gasteiger partial charge in [0.2, 0.25) is 11.1 Å². The summed E-state index contributed by atoms with van der Waals surface area (Å²) in [7, 11) is 0. The highest BCUT2D eigenvalue weighted by atomic mass is 35.5. The first kappa shape index (κ1) is 18.9. The Bertz CT molecular complexity index is 917. The van der Waals surface area contributed by atoms with Crippen molar-refractivity contribution in [1.29, 1.82) is 0 Å². The van der Waals surface area contributed by atoms with Gasteiger partial charge in [-0.05, 0) is 40.3 Å². The Morgan fingerprint density at radius 1 is 1.04 bits per heavy atom. The fourth-order valence-corrected chi connectivity index (χ4v) is 2.92. The molecule has 138 valence electrons. The first-order chi connectivity index (χ1) is 13.1. The van der Waals surface area contributed by atoms with Crippen LogP contribution in [0, 0.1) is 0 Å². The number of nitrogens with one attached hydrogen (secondary N) is 2. The van der Waals surface area contributed by atoms with Gasteiger partial charge < -0.3 is 0 Å². The first-order valence-electron chi connectivity index (χ1n) is 7.89. The molecule has 0 aliphatic heterocycles. The van der Waals surface area contributed by atoms with Crippen molar-refractivity contribution in [3.63, 3.8) is 0 Å². The van der Waals surface area contributed by atoms with Crippen LogP contribution in [0.5, 0.6) is 0 Å². The Morgan fingerprint density at radius 2 is 1.78 bits per heavy atom. The van der Waals surface area contributed by atoms with Gasteiger partial charge in [0.15, 0.2) is 0 Å². The van der Waals surface area contributed by atoms with Crippen LogP contribution in [-0.2, 0) is 11.3 Å². The van der Waals surface area contributed by atoms with Crippen LogP contribution < -0.4 is 10.9 Å². The molecule has 0 atom stereocenters. The topological polar surface area (TPSA) is 102 Å². The van der Waals surface area contributed by atoms with Gasteiger partial charge in [0, 0.05) is 10.6 Å². The molecule has 3 rings (SSSR count). The average Bonchev–Trinajstić information content (AvgIpc) is 3.13. The number of thioether (sulfide) groups is 1. The van der Waals surface area contributed by atoms with Crippen molar-refractivity contribution in [2.24, 2.45) is 0 Å². The molecule has 0 aliphatic rings. The molecule has 0 radical (unpaired) electrons. The van der Waals surface area contributed by atoms with E-state index in [1.807, 2.05) is 30.3 Å². The van der Waals surface area contributed by atoms with E-state index in [-0.39, 0.29) is 11.7 Å². The third-order valence-corrected chi connectivity index (χ3v) is 4.64. The van der Waals surface area contributed by atoms with Gasteiger partial charge >= 0.3 is 0 Å². The molecule has 10 heteroatoms. The van der Waals surface area contributed by atoms with Crippen LogP contribution >= 0.6 is 23.4 Å². The van der Waals surface area contributed by atoms with Gasteiger partial charge in [-0.2, -0.15) is 0 Å². The molecule has 0 saturated carbocycles. The van der Waals surface area contributed by atoms with E-state index in [0.717, 1.165) is 5.56 Å². The smallest absolute Gasteiger partial charge is 0.269 e. The van der Waals surface area contributed by atoms with Crippen LogP contribution in [0.4, 0.5) is 0 Å². The molecular weight excluding hydrogens is 388 g/mol. The molecule has 1 aromatic heterocycles. The van der Waals surface area contributed by atoms with Crippen LogP contribution in [0.3, 0.4) is 0 Å². The number of nitrogens with zero attached hydrogens (tertiary/aromatic N) is 4. The minimum Gasteiger partial charge on any atom is -0.272 e. The van der Waals surface area contributed by atoms with E-state index in [1.54, 1.807) is 28.9 Å². The normalized spacial score (nSPS) is 10.4. The maximum Gasteiger partial charge on any atom is 0.269 e. The maximum atomic E-state index is 12.0. The van der Waals surface area contributed by atoms with E-state index in [0.29, 0.717) is 22.3 Å². The van der Waals surface area contributed by atoms with Gasteiger partial charge in [-0.25, -0.2) is 4.68 Å². The second-order valence-electron chi connectivity index (χ2n) is 5.40. The number of hydrogen-bond donors (Lipinski definition) is 2. The number of tetrazole rings is 1. The van der Waals surface area contributed by atoms with Crippen molar-refractivity contribution in [2.75, 3.05) is 5.75 Å². The fourth-order valence-electron chi connectivity index (χ4n) is 2.12. The number of hydrazine groups is 1. The summed E-state index contributed by atoms with van der Waals surface area (Å²) in [6.07, 6.45) is 0. The number of rotatable bonds is 6. The minimum atomic E-state index is -0.432. The lowest BCUT2D eigenvalue weighted by molar-refractivity contribution is -0.119. The Kier molecular flexibility index (Phi) is 6.39. The van der Waals surface area contributed by atoms with Gasteiger partial charge in [-0.1, -0.05) is 53.7 Å². The van der Waals surface area contributed by atoms with Gasteiger partial charge in [-0.15, -0.1) is 5.10 Å². The number of amides is 2. The maximum absolute atomic E-state index is 12.0. The zero-order chi connectivity index (χ0) is 19.1. The summed E-state index contributed by atoms with van der Waals surface area (Å²) < 4.78 is 1.61. The fraction of sp³-hybridized carbons (Fsp3) is 0.118. The Balaban J connectivity index is 1.47. The van der Waals surface area contributed by atoms with E-state index in [9.17, 15) is 9.59 Å². The summed E-state index contributed by atoms with van der Waals surface area (Å²) in [5.41, 5.74) is 6.14. The number of carbonyl (C=O) groups is 2. The number of benzene rings is 2. The quantitative estimate of drug-likeness (QED) is 0.482. The van der Waals surface area contributed by atoms with Crippen molar-refractivity contribution >= 4 is 35.2 Å². The third-order valence-electron chi connectivity index (χ3n) is 3.43. The number of halogens is 1. The molecule has 0 fully saturated rings.